The molecule has 2 aliphatic rings. The van der Waals surface area contributed by atoms with E-state index in [0.29, 0.717) is 17.9 Å². The number of alkyl halides is 2. The van der Waals surface area contributed by atoms with Gasteiger partial charge >= 0.3 is 0 Å². The third-order valence-corrected chi connectivity index (χ3v) is 4.13. The number of halogens is 3. The maximum absolute atomic E-state index is 13.1. The highest BCUT2D eigenvalue weighted by Gasteiger charge is 2.60. The van der Waals surface area contributed by atoms with Crippen LogP contribution in [0, 0.1) is 0 Å². The molecule has 4 heteroatoms. The molecule has 1 aromatic rings. The minimum absolute atomic E-state index is 0.0754. The van der Waals surface area contributed by atoms with E-state index in [0.717, 1.165) is 5.56 Å². The topological polar surface area (TPSA) is 12.5 Å². The second kappa shape index (κ2) is 3.66. The molecule has 1 saturated carbocycles. The van der Waals surface area contributed by atoms with Gasteiger partial charge in [0.2, 0.25) is 5.92 Å². The number of hydrogen-bond donors (Lipinski definition) is 0. The Morgan fingerprint density at radius 2 is 1.76 bits per heavy atom. The summed E-state index contributed by atoms with van der Waals surface area (Å²) < 4.78 is 31.9. The Morgan fingerprint density at radius 3 is 2.41 bits per heavy atom. The Kier molecular flexibility index (Phi) is 2.46. The minimum atomic E-state index is -2.51. The van der Waals surface area contributed by atoms with E-state index >= 15 is 0 Å². The third kappa shape index (κ3) is 1.95. The normalized spacial score (nSPS) is 29.2. The Balaban J connectivity index is 1.77. The van der Waals surface area contributed by atoms with Crippen LogP contribution >= 0.6 is 11.6 Å². The Bertz CT molecular complexity index is 437. The molecule has 1 heterocycles. The van der Waals surface area contributed by atoms with Gasteiger partial charge in [-0.15, -0.1) is 0 Å². The lowest BCUT2D eigenvalue weighted by Gasteiger charge is -2.26. The Morgan fingerprint density at radius 1 is 1.12 bits per heavy atom. The van der Waals surface area contributed by atoms with Crippen LogP contribution in [0.15, 0.2) is 24.3 Å². The first-order chi connectivity index (χ1) is 8.03. The number of hydrogen-bond acceptors (Lipinski definition) is 1. The predicted molar refractivity (Wildman–Crippen MR) is 61.4 cm³/mol. The predicted octanol–water partition coefficient (Wildman–Crippen LogP) is 4.36. The first kappa shape index (κ1) is 11.4. The van der Waals surface area contributed by atoms with E-state index in [1.165, 1.54) is 0 Å². The fraction of sp³-hybridized carbons (Fsp3) is 0.538. The van der Waals surface area contributed by atoms with Crippen LogP contribution in [-0.2, 0) is 4.74 Å². The van der Waals surface area contributed by atoms with Crippen molar-refractivity contribution in [1.29, 1.82) is 0 Å². The molecule has 1 saturated heterocycles. The highest BCUT2D eigenvalue weighted by Crippen LogP contribution is 2.60. The molecule has 17 heavy (non-hydrogen) atoms. The van der Waals surface area contributed by atoms with Gasteiger partial charge in [0.05, 0.1) is 5.60 Å². The van der Waals surface area contributed by atoms with Crippen LogP contribution in [0.25, 0.3) is 0 Å². The fourth-order valence-electron chi connectivity index (χ4n) is 2.65. The number of ether oxygens (including phenoxy) is 1. The van der Waals surface area contributed by atoms with Crippen LogP contribution in [-0.4, -0.2) is 11.5 Å². The van der Waals surface area contributed by atoms with Crippen LogP contribution in [0.3, 0.4) is 0 Å². The number of rotatable bonds is 1. The quantitative estimate of drug-likeness (QED) is 0.682. The van der Waals surface area contributed by atoms with Crippen molar-refractivity contribution in [3.05, 3.63) is 34.9 Å². The summed E-state index contributed by atoms with van der Waals surface area (Å²) in [7, 11) is 0. The molecule has 1 unspecified atom stereocenters. The minimum Gasteiger partial charge on any atom is -0.361 e. The van der Waals surface area contributed by atoms with Crippen molar-refractivity contribution in [3.8, 4) is 0 Å². The molecule has 0 bridgehead atoms. The van der Waals surface area contributed by atoms with Gasteiger partial charge in [-0.3, -0.25) is 0 Å². The van der Waals surface area contributed by atoms with E-state index in [2.05, 4.69) is 0 Å². The van der Waals surface area contributed by atoms with Gasteiger partial charge in [0, 0.05) is 23.4 Å². The van der Waals surface area contributed by atoms with Gasteiger partial charge in [0.25, 0.3) is 0 Å². The summed E-state index contributed by atoms with van der Waals surface area (Å²) in [5.74, 6) is -2.51. The first-order valence-electron chi connectivity index (χ1n) is 5.83. The molecule has 3 rings (SSSR count). The van der Waals surface area contributed by atoms with Crippen LogP contribution in [0.5, 0.6) is 0 Å². The molecule has 1 aliphatic heterocycles. The van der Waals surface area contributed by atoms with Crippen LogP contribution in [0.1, 0.15) is 37.4 Å². The summed E-state index contributed by atoms with van der Waals surface area (Å²) in [5, 5.41) is 0.659. The van der Waals surface area contributed by atoms with E-state index in [1.54, 1.807) is 0 Å². The first-order valence-corrected chi connectivity index (χ1v) is 6.20. The van der Waals surface area contributed by atoms with Crippen molar-refractivity contribution in [3.63, 3.8) is 0 Å². The summed E-state index contributed by atoms with van der Waals surface area (Å²) in [6, 6.07) is 7.47. The average Bonchev–Trinajstić information content (AvgIpc) is 2.99. The maximum Gasteiger partial charge on any atom is 0.248 e. The Hall–Kier alpha value is -0.670. The lowest BCUT2D eigenvalue weighted by molar-refractivity contribution is -0.0508. The smallest absolute Gasteiger partial charge is 0.248 e. The molecule has 1 atom stereocenters. The molecule has 1 aliphatic carbocycles. The van der Waals surface area contributed by atoms with Gasteiger partial charge in [0.1, 0.15) is 6.10 Å². The van der Waals surface area contributed by atoms with Crippen LogP contribution < -0.4 is 0 Å². The van der Waals surface area contributed by atoms with Gasteiger partial charge < -0.3 is 4.74 Å². The van der Waals surface area contributed by atoms with Gasteiger partial charge in [-0.05, 0) is 18.9 Å². The highest BCUT2D eigenvalue weighted by atomic mass is 35.5. The molecular weight excluding hydrogens is 246 g/mol. The maximum atomic E-state index is 13.1. The van der Waals surface area contributed by atoms with Gasteiger partial charge in [-0.25, -0.2) is 8.78 Å². The summed E-state index contributed by atoms with van der Waals surface area (Å²) >= 11 is 6.09. The van der Waals surface area contributed by atoms with Crippen molar-refractivity contribution < 1.29 is 13.5 Å². The summed E-state index contributed by atoms with van der Waals surface area (Å²) in [4.78, 5) is 0. The van der Waals surface area contributed by atoms with Crippen molar-refractivity contribution in [2.24, 2.45) is 0 Å². The number of epoxide rings is 1. The van der Waals surface area contributed by atoms with E-state index in [9.17, 15) is 8.78 Å². The van der Waals surface area contributed by atoms with E-state index in [1.807, 2.05) is 24.3 Å². The zero-order valence-corrected chi connectivity index (χ0v) is 10.0. The standard InChI is InChI=1S/C13H13ClF2O/c14-10-4-2-1-3-9(10)11-12(17-11)5-7-13(15,16)8-6-12/h1-4,11H,5-8H2. The number of benzene rings is 1. The van der Waals surface area contributed by atoms with Crippen LogP contribution in [0.4, 0.5) is 8.78 Å². The molecule has 0 radical (unpaired) electrons. The zero-order valence-electron chi connectivity index (χ0n) is 9.26. The largest absolute Gasteiger partial charge is 0.361 e. The molecule has 92 valence electrons. The van der Waals surface area contributed by atoms with E-state index < -0.39 is 5.92 Å². The molecule has 2 fully saturated rings. The average molecular weight is 259 g/mol. The molecule has 0 N–H and O–H groups in total. The molecule has 1 nitrogen and oxygen atoms in total. The zero-order chi connectivity index (χ0) is 12.1. The lowest BCUT2D eigenvalue weighted by Crippen LogP contribution is -2.30. The molecule has 0 amide bonds. The highest BCUT2D eigenvalue weighted by molar-refractivity contribution is 6.31. The second-order valence-electron chi connectivity index (χ2n) is 4.94. The van der Waals surface area contributed by atoms with Crippen molar-refractivity contribution >= 4 is 11.6 Å². The van der Waals surface area contributed by atoms with Crippen molar-refractivity contribution in [2.75, 3.05) is 0 Å². The SMILES string of the molecule is FC1(F)CCC2(CC1)OC2c1ccccc1Cl. The third-order valence-electron chi connectivity index (χ3n) is 3.79. The van der Waals surface area contributed by atoms with E-state index in [4.69, 9.17) is 16.3 Å². The van der Waals surface area contributed by atoms with E-state index in [-0.39, 0.29) is 24.5 Å². The molecule has 0 aromatic heterocycles. The summed E-state index contributed by atoms with van der Waals surface area (Å²) in [6.07, 6.45) is 0.612. The van der Waals surface area contributed by atoms with Gasteiger partial charge in [-0.2, -0.15) is 0 Å². The summed E-state index contributed by atoms with van der Waals surface area (Å²) in [6.45, 7) is 0. The lowest BCUT2D eigenvalue weighted by atomic mass is 9.82. The Labute approximate surface area is 104 Å². The van der Waals surface area contributed by atoms with Crippen molar-refractivity contribution in [1.82, 2.24) is 0 Å². The summed E-state index contributed by atoms with van der Waals surface area (Å²) in [5.41, 5.74) is 0.562. The monoisotopic (exact) mass is 258 g/mol. The van der Waals surface area contributed by atoms with Crippen molar-refractivity contribution in [2.45, 2.75) is 43.3 Å². The second-order valence-corrected chi connectivity index (χ2v) is 5.35. The fourth-order valence-corrected chi connectivity index (χ4v) is 2.89. The molecular formula is C13H13ClF2O. The molecule has 1 spiro atoms. The van der Waals surface area contributed by atoms with Gasteiger partial charge in [0.15, 0.2) is 0 Å². The van der Waals surface area contributed by atoms with Gasteiger partial charge in [-0.1, -0.05) is 29.8 Å². The van der Waals surface area contributed by atoms with Crippen LogP contribution in [0.2, 0.25) is 5.02 Å². The molecule has 1 aromatic carbocycles.